The summed E-state index contributed by atoms with van der Waals surface area (Å²) in [5, 5.41) is 7.33. The number of rotatable bonds is 7. The van der Waals surface area contributed by atoms with Crippen molar-refractivity contribution in [1.82, 2.24) is 5.32 Å². The molecule has 2 N–H and O–H groups in total. The molecular formula is C19H30N2S. The number of benzene rings is 1. The van der Waals surface area contributed by atoms with Gasteiger partial charge in [0, 0.05) is 12.2 Å². The van der Waals surface area contributed by atoms with Crippen LogP contribution in [-0.4, -0.2) is 11.7 Å². The van der Waals surface area contributed by atoms with Gasteiger partial charge in [0.2, 0.25) is 0 Å². The molecule has 1 aromatic carbocycles. The summed E-state index contributed by atoms with van der Waals surface area (Å²) in [6, 6.07) is 6.59. The van der Waals surface area contributed by atoms with E-state index in [9.17, 15) is 0 Å². The Morgan fingerprint density at radius 2 is 1.64 bits per heavy atom. The normalized spacial score (nSPS) is 13.3. The summed E-state index contributed by atoms with van der Waals surface area (Å²) in [5.74, 6) is 1.02. The number of anilines is 1. The smallest absolute Gasteiger partial charge is 0.171 e. The van der Waals surface area contributed by atoms with Gasteiger partial charge < -0.3 is 10.6 Å². The topological polar surface area (TPSA) is 24.1 Å². The van der Waals surface area contributed by atoms with Gasteiger partial charge in [0.25, 0.3) is 0 Å². The van der Waals surface area contributed by atoms with E-state index in [1.54, 1.807) is 0 Å². The highest BCUT2D eigenvalue weighted by Crippen LogP contribution is 2.34. The van der Waals surface area contributed by atoms with Gasteiger partial charge in [0.05, 0.1) is 0 Å². The third-order valence-corrected chi connectivity index (χ3v) is 4.45. The lowest BCUT2D eigenvalue weighted by Crippen LogP contribution is -2.30. The Morgan fingerprint density at radius 3 is 2.05 bits per heavy atom. The minimum absolute atomic E-state index is 0.510. The molecular weight excluding hydrogens is 288 g/mol. The van der Waals surface area contributed by atoms with Crippen LogP contribution in [0.5, 0.6) is 0 Å². The minimum Gasteiger partial charge on any atom is -0.359 e. The Bertz CT molecular complexity index is 494. The van der Waals surface area contributed by atoms with Crippen LogP contribution in [0.25, 0.3) is 0 Å². The van der Waals surface area contributed by atoms with Crippen molar-refractivity contribution in [2.24, 2.45) is 0 Å². The van der Waals surface area contributed by atoms with E-state index in [-0.39, 0.29) is 0 Å². The Balaban J connectivity index is 3.11. The van der Waals surface area contributed by atoms with Gasteiger partial charge in [-0.25, -0.2) is 0 Å². The molecule has 3 heteroatoms. The van der Waals surface area contributed by atoms with Crippen molar-refractivity contribution in [2.45, 2.75) is 59.3 Å². The van der Waals surface area contributed by atoms with Crippen LogP contribution in [0.2, 0.25) is 0 Å². The summed E-state index contributed by atoms with van der Waals surface area (Å²) in [4.78, 5) is 0. The number of para-hydroxylation sites is 1. The first kappa shape index (κ1) is 18.7. The fraction of sp³-hybridized carbons (Fsp3) is 0.526. The molecule has 0 aliphatic carbocycles. The Morgan fingerprint density at radius 1 is 1.14 bits per heavy atom. The zero-order valence-electron chi connectivity index (χ0n) is 14.6. The molecule has 0 aliphatic rings. The molecule has 0 bridgehead atoms. The van der Waals surface area contributed by atoms with E-state index in [1.165, 1.54) is 16.8 Å². The number of hydrogen-bond donors (Lipinski definition) is 2. The van der Waals surface area contributed by atoms with Crippen LogP contribution >= 0.6 is 12.2 Å². The summed E-state index contributed by atoms with van der Waals surface area (Å²) < 4.78 is 0. The zero-order valence-corrected chi connectivity index (χ0v) is 15.4. The van der Waals surface area contributed by atoms with Crippen LogP contribution in [0.4, 0.5) is 5.69 Å². The van der Waals surface area contributed by atoms with Crippen molar-refractivity contribution in [3.05, 3.63) is 41.5 Å². The van der Waals surface area contributed by atoms with E-state index in [0.29, 0.717) is 23.5 Å². The molecule has 0 aliphatic heterocycles. The fourth-order valence-corrected chi connectivity index (χ4v) is 2.56. The molecule has 0 saturated heterocycles. The second-order valence-corrected chi connectivity index (χ2v) is 6.60. The van der Waals surface area contributed by atoms with Crippen LogP contribution < -0.4 is 10.6 Å². The van der Waals surface area contributed by atoms with Gasteiger partial charge in [-0.05, 0) is 54.9 Å². The van der Waals surface area contributed by atoms with Gasteiger partial charge in [0.1, 0.15) is 0 Å². The van der Waals surface area contributed by atoms with Crippen LogP contribution in [0.3, 0.4) is 0 Å². The largest absolute Gasteiger partial charge is 0.359 e. The van der Waals surface area contributed by atoms with E-state index in [4.69, 9.17) is 12.2 Å². The van der Waals surface area contributed by atoms with Gasteiger partial charge in [-0.1, -0.05) is 58.0 Å². The molecule has 22 heavy (non-hydrogen) atoms. The molecule has 0 spiro atoms. The highest BCUT2D eigenvalue weighted by Gasteiger charge is 2.17. The second kappa shape index (κ2) is 8.94. The van der Waals surface area contributed by atoms with Crippen LogP contribution in [-0.2, 0) is 0 Å². The van der Waals surface area contributed by atoms with E-state index in [1.807, 2.05) is 6.92 Å². The molecule has 2 unspecified atom stereocenters. The summed E-state index contributed by atoms with van der Waals surface area (Å²) in [6.45, 7) is 15.6. The lowest BCUT2D eigenvalue weighted by molar-refractivity contribution is 0.715. The lowest BCUT2D eigenvalue weighted by atomic mass is 9.89. The van der Waals surface area contributed by atoms with Gasteiger partial charge in [0.15, 0.2) is 5.11 Å². The van der Waals surface area contributed by atoms with E-state index < -0.39 is 0 Å². The average molecular weight is 319 g/mol. The standard InChI is InChI=1S/C19H30N2S/c1-7-14(5)16-10-9-11-17(15(6)8-2)18(16)21-19(22)20-12-13(3)4/h9-11,14-15H,3,7-8,12H2,1-2,4-6H3,(H2,20,21,22). The predicted molar refractivity (Wildman–Crippen MR) is 103 cm³/mol. The SMILES string of the molecule is C=C(C)CNC(=S)Nc1c(C(C)CC)cccc1C(C)CC. The zero-order chi connectivity index (χ0) is 16.7. The third-order valence-electron chi connectivity index (χ3n) is 4.20. The Kier molecular flexibility index (Phi) is 7.60. The second-order valence-electron chi connectivity index (χ2n) is 6.19. The first-order valence-corrected chi connectivity index (χ1v) is 8.63. The minimum atomic E-state index is 0.510. The average Bonchev–Trinajstić information content (AvgIpc) is 2.51. The first-order valence-electron chi connectivity index (χ1n) is 8.22. The van der Waals surface area contributed by atoms with Gasteiger partial charge in [-0.15, -0.1) is 0 Å². The van der Waals surface area contributed by atoms with Crippen molar-refractivity contribution in [2.75, 3.05) is 11.9 Å². The molecule has 122 valence electrons. The summed E-state index contributed by atoms with van der Waals surface area (Å²) >= 11 is 5.46. The number of hydrogen-bond acceptors (Lipinski definition) is 1. The highest BCUT2D eigenvalue weighted by molar-refractivity contribution is 7.80. The summed E-state index contributed by atoms with van der Waals surface area (Å²) in [6.07, 6.45) is 2.23. The van der Waals surface area contributed by atoms with Crippen molar-refractivity contribution < 1.29 is 0 Å². The van der Waals surface area contributed by atoms with Gasteiger partial charge >= 0.3 is 0 Å². The molecule has 0 amide bonds. The Hall–Kier alpha value is -1.35. The molecule has 1 aromatic rings. The van der Waals surface area contributed by atoms with Crippen LogP contribution in [0, 0.1) is 0 Å². The van der Waals surface area contributed by atoms with Crippen LogP contribution in [0.1, 0.15) is 70.4 Å². The molecule has 0 saturated carbocycles. The van der Waals surface area contributed by atoms with Crippen molar-refractivity contribution in [3.8, 4) is 0 Å². The lowest BCUT2D eigenvalue weighted by Gasteiger charge is -2.23. The first-order chi connectivity index (χ1) is 10.4. The van der Waals surface area contributed by atoms with E-state index in [0.717, 1.165) is 18.4 Å². The maximum atomic E-state index is 5.46. The van der Waals surface area contributed by atoms with Gasteiger partial charge in [-0.3, -0.25) is 0 Å². The quantitative estimate of drug-likeness (QED) is 0.507. The van der Waals surface area contributed by atoms with Crippen molar-refractivity contribution >= 4 is 23.0 Å². The third kappa shape index (κ3) is 5.13. The monoisotopic (exact) mass is 318 g/mol. The summed E-state index contributed by atoms with van der Waals surface area (Å²) in [7, 11) is 0. The number of nitrogens with one attached hydrogen (secondary N) is 2. The van der Waals surface area contributed by atoms with Crippen LogP contribution in [0.15, 0.2) is 30.4 Å². The predicted octanol–water partition coefficient (Wildman–Crippen LogP) is 5.58. The highest BCUT2D eigenvalue weighted by atomic mass is 32.1. The molecule has 0 radical (unpaired) electrons. The molecule has 1 rings (SSSR count). The fourth-order valence-electron chi connectivity index (χ4n) is 2.38. The number of thiocarbonyl (C=S) groups is 1. The maximum Gasteiger partial charge on any atom is 0.171 e. The molecule has 0 aromatic heterocycles. The Labute approximate surface area is 141 Å². The molecule has 0 heterocycles. The maximum absolute atomic E-state index is 5.46. The summed E-state index contributed by atoms with van der Waals surface area (Å²) in [5.41, 5.74) is 4.95. The van der Waals surface area contributed by atoms with Crippen molar-refractivity contribution in [1.29, 1.82) is 0 Å². The molecule has 0 fully saturated rings. The van der Waals surface area contributed by atoms with Gasteiger partial charge in [-0.2, -0.15) is 0 Å². The van der Waals surface area contributed by atoms with E-state index >= 15 is 0 Å². The molecule has 2 nitrogen and oxygen atoms in total. The van der Waals surface area contributed by atoms with E-state index in [2.05, 4.69) is 63.1 Å². The molecule has 2 atom stereocenters. The van der Waals surface area contributed by atoms with Crippen molar-refractivity contribution in [3.63, 3.8) is 0 Å².